The van der Waals surface area contributed by atoms with Crippen molar-refractivity contribution in [3.63, 3.8) is 0 Å². The number of carbonyl (C=O) groups excluding carboxylic acids is 1. The molecule has 0 aromatic carbocycles. The third-order valence-electron chi connectivity index (χ3n) is 4.01. The van der Waals surface area contributed by atoms with Gasteiger partial charge in [0.25, 0.3) is 0 Å². The van der Waals surface area contributed by atoms with Gasteiger partial charge in [-0.3, -0.25) is 9.69 Å². The second-order valence-electron chi connectivity index (χ2n) is 5.34. The zero-order valence-electron chi connectivity index (χ0n) is 13.2. The Bertz CT molecular complexity index is 261. The lowest BCUT2D eigenvalue weighted by atomic mass is 9.95. The minimum absolute atomic E-state index is 0.290. The molecule has 0 aliphatic rings. The van der Waals surface area contributed by atoms with Crippen molar-refractivity contribution in [1.29, 1.82) is 0 Å². The van der Waals surface area contributed by atoms with Gasteiger partial charge in [-0.05, 0) is 46.7 Å². The second-order valence-corrected chi connectivity index (χ2v) is 5.34. The average molecular weight is 273 g/mol. The molecule has 5 heteroatoms. The van der Waals surface area contributed by atoms with E-state index in [2.05, 4.69) is 24.1 Å². The van der Waals surface area contributed by atoms with Crippen LogP contribution in [-0.2, 0) is 9.53 Å². The predicted molar refractivity (Wildman–Crippen MR) is 79.1 cm³/mol. The monoisotopic (exact) mass is 273 g/mol. The van der Waals surface area contributed by atoms with Crippen LogP contribution < -0.4 is 11.1 Å². The molecule has 0 saturated carbocycles. The standard InChI is InChI=1S/C14H31N3O2/c1-6-12(2)17(10-11-19-5)9-7-8-14(3,16-4)13(15)18/h12,16H,6-11H2,1-5H3,(H2,15,18). The van der Waals surface area contributed by atoms with E-state index in [4.69, 9.17) is 10.5 Å². The Hall–Kier alpha value is -0.650. The van der Waals surface area contributed by atoms with E-state index >= 15 is 0 Å². The lowest BCUT2D eigenvalue weighted by Gasteiger charge is -2.30. The molecule has 0 fully saturated rings. The number of hydrogen-bond donors (Lipinski definition) is 2. The summed E-state index contributed by atoms with van der Waals surface area (Å²) in [7, 11) is 3.50. The van der Waals surface area contributed by atoms with Gasteiger partial charge in [-0.2, -0.15) is 0 Å². The van der Waals surface area contributed by atoms with Crippen LogP contribution >= 0.6 is 0 Å². The number of methoxy groups -OCH3 is 1. The third kappa shape index (κ3) is 6.36. The SMILES string of the molecule is CCC(C)N(CCCC(C)(NC)C(N)=O)CCOC. The zero-order valence-corrected chi connectivity index (χ0v) is 13.2. The van der Waals surface area contributed by atoms with E-state index in [0.29, 0.717) is 6.04 Å². The van der Waals surface area contributed by atoms with Crippen LogP contribution in [0.1, 0.15) is 40.0 Å². The van der Waals surface area contributed by atoms with Crippen LogP contribution in [0.15, 0.2) is 0 Å². The van der Waals surface area contributed by atoms with Crippen LogP contribution in [0, 0.1) is 0 Å². The van der Waals surface area contributed by atoms with Crippen LogP contribution in [0.2, 0.25) is 0 Å². The topological polar surface area (TPSA) is 67.6 Å². The summed E-state index contributed by atoms with van der Waals surface area (Å²) in [6.45, 7) is 8.90. The molecule has 114 valence electrons. The molecule has 0 radical (unpaired) electrons. The molecule has 0 aliphatic carbocycles. The largest absolute Gasteiger partial charge is 0.383 e. The lowest BCUT2D eigenvalue weighted by Crippen LogP contribution is -2.51. The molecule has 19 heavy (non-hydrogen) atoms. The maximum Gasteiger partial charge on any atom is 0.237 e. The summed E-state index contributed by atoms with van der Waals surface area (Å²) in [4.78, 5) is 13.8. The van der Waals surface area contributed by atoms with Gasteiger partial charge in [-0.25, -0.2) is 0 Å². The van der Waals surface area contributed by atoms with Gasteiger partial charge < -0.3 is 15.8 Å². The summed E-state index contributed by atoms with van der Waals surface area (Å²) in [6, 6.07) is 0.532. The van der Waals surface area contributed by atoms with Crippen molar-refractivity contribution in [2.24, 2.45) is 5.73 Å². The maximum atomic E-state index is 11.4. The Morgan fingerprint density at radius 2 is 2.11 bits per heavy atom. The fourth-order valence-electron chi connectivity index (χ4n) is 2.03. The van der Waals surface area contributed by atoms with E-state index in [1.165, 1.54) is 0 Å². The van der Waals surface area contributed by atoms with E-state index in [1.54, 1.807) is 14.2 Å². The van der Waals surface area contributed by atoms with E-state index in [9.17, 15) is 4.79 Å². The van der Waals surface area contributed by atoms with Gasteiger partial charge in [0.15, 0.2) is 0 Å². The van der Waals surface area contributed by atoms with Crippen molar-refractivity contribution >= 4 is 5.91 Å². The highest BCUT2D eigenvalue weighted by molar-refractivity contribution is 5.84. The fraction of sp³-hybridized carbons (Fsp3) is 0.929. The summed E-state index contributed by atoms with van der Waals surface area (Å²) >= 11 is 0. The molecule has 0 aromatic heterocycles. The fourth-order valence-corrected chi connectivity index (χ4v) is 2.03. The van der Waals surface area contributed by atoms with Gasteiger partial charge in [0.05, 0.1) is 12.1 Å². The van der Waals surface area contributed by atoms with Crippen molar-refractivity contribution in [1.82, 2.24) is 10.2 Å². The van der Waals surface area contributed by atoms with Gasteiger partial charge >= 0.3 is 0 Å². The number of nitrogens with two attached hydrogens (primary N) is 1. The molecular formula is C14H31N3O2. The molecule has 0 aromatic rings. The Labute approximate surface area is 117 Å². The van der Waals surface area contributed by atoms with Crippen molar-refractivity contribution in [3.05, 3.63) is 0 Å². The van der Waals surface area contributed by atoms with Crippen LogP contribution in [0.3, 0.4) is 0 Å². The maximum absolute atomic E-state index is 11.4. The summed E-state index contributed by atoms with van der Waals surface area (Å²) in [5.41, 5.74) is 4.82. The van der Waals surface area contributed by atoms with E-state index in [1.807, 2.05) is 6.92 Å². The first kappa shape index (κ1) is 18.4. The van der Waals surface area contributed by atoms with E-state index in [0.717, 1.165) is 39.0 Å². The summed E-state index contributed by atoms with van der Waals surface area (Å²) in [5.74, 6) is -0.290. The number of rotatable bonds is 11. The Morgan fingerprint density at radius 1 is 1.47 bits per heavy atom. The normalized spacial score (nSPS) is 16.3. The molecule has 5 nitrogen and oxygen atoms in total. The molecule has 0 aliphatic heterocycles. The van der Waals surface area contributed by atoms with Crippen LogP contribution in [0.5, 0.6) is 0 Å². The summed E-state index contributed by atoms with van der Waals surface area (Å²) in [5, 5.41) is 3.02. The zero-order chi connectivity index (χ0) is 14.9. The first-order chi connectivity index (χ1) is 8.91. The van der Waals surface area contributed by atoms with Gasteiger partial charge in [0, 0.05) is 19.7 Å². The molecule has 0 rings (SSSR count). The molecule has 2 unspecified atom stereocenters. The smallest absolute Gasteiger partial charge is 0.237 e. The van der Waals surface area contributed by atoms with Crippen LogP contribution in [0.25, 0.3) is 0 Å². The quantitative estimate of drug-likeness (QED) is 0.589. The molecule has 0 heterocycles. The third-order valence-corrected chi connectivity index (χ3v) is 4.01. The van der Waals surface area contributed by atoms with E-state index < -0.39 is 5.54 Å². The number of likely N-dealkylation sites (N-methyl/N-ethyl adjacent to an activating group) is 1. The number of ether oxygens (including phenoxy) is 1. The lowest BCUT2D eigenvalue weighted by molar-refractivity contribution is -0.123. The van der Waals surface area contributed by atoms with Crippen LogP contribution in [0.4, 0.5) is 0 Å². The average Bonchev–Trinajstić information content (AvgIpc) is 2.41. The highest BCUT2D eigenvalue weighted by Gasteiger charge is 2.28. The van der Waals surface area contributed by atoms with Gasteiger partial charge in [-0.15, -0.1) is 0 Å². The van der Waals surface area contributed by atoms with Gasteiger partial charge in [-0.1, -0.05) is 6.92 Å². The number of nitrogens with zero attached hydrogens (tertiary/aromatic N) is 1. The highest BCUT2D eigenvalue weighted by atomic mass is 16.5. The highest BCUT2D eigenvalue weighted by Crippen LogP contribution is 2.13. The summed E-state index contributed by atoms with van der Waals surface area (Å²) < 4.78 is 5.15. The number of amides is 1. The first-order valence-corrected chi connectivity index (χ1v) is 7.13. The Morgan fingerprint density at radius 3 is 2.53 bits per heavy atom. The first-order valence-electron chi connectivity index (χ1n) is 7.13. The molecule has 0 spiro atoms. The summed E-state index contributed by atoms with van der Waals surface area (Å²) in [6.07, 6.45) is 2.80. The number of carbonyl (C=O) groups is 1. The van der Waals surface area contributed by atoms with Crippen molar-refractivity contribution in [2.75, 3.05) is 33.9 Å². The minimum atomic E-state index is -0.609. The molecule has 0 bridgehead atoms. The van der Waals surface area contributed by atoms with Crippen molar-refractivity contribution in [2.45, 2.75) is 51.6 Å². The number of hydrogen-bond acceptors (Lipinski definition) is 4. The predicted octanol–water partition coefficient (Wildman–Crippen LogP) is 0.977. The number of nitrogens with one attached hydrogen (secondary N) is 1. The van der Waals surface area contributed by atoms with Gasteiger partial charge in [0.2, 0.25) is 5.91 Å². The molecule has 1 amide bonds. The van der Waals surface area contributed by atoms with E-state index in [-0.39, 0.29) is 5.91 Å². The van der Waals surface area contributed by atoms with Crippen LogP contribution in [-0.4, -0.2) is 56.2 Å². The minimum Gasteiger partial charge on any atom is -0.383 e. The Kier molecular flexibility index (Phi) is 8.97. The molecule has 2 atom stereocenters. The second kappa shape index (κ2) is 9.28. The van der Waals surface area contributed by atoms with Crippen molar-refractivity contribution < 1.29 is 9.53 Å². The number of primary amides is 1. The Balaban J connectivity index is 4.27. The molecule has 0 saturated heterocycles. The van der Waals surface area contributed by atoms with Gasteiger partial charge in [0.1, 0.15) is 0 Å². The van der Waals surface area contributed by atoms with Crippen molar-refractivity contribution in [3.8, 4) is 0 Å². The molecule has 3 N–H and O–H groups in total. The molecular weight excluding hydrogens is 242 g/mol.